The van der Waals surface area contributed by atoms with E-state index in [1.807, 2.05) is 32.0 Å². The summed E-state index contributed by atoms with van der Waals surface area (Å²) in [6.07, 6.45) is 0. The lowest BCUT2D eigenvalue weighted by atomic mass is 9.94. The molecule has 2 aromatic rings. The van der Waals surface area contributed by atoms with E-state index in [0.29, 0.717) is 21.9 Å². The second-order valence-corrected chi connectivity index (χ2v) is 7.10. The molecule has 0 radical (unpaired) electrons. The molecule has 2 aromatic carbocycles. The molecule has 3 rings (SSSR count). The maximum atomic E-state index is 13.1. The average molecular weight is 396 g/mol. The van der Waals surface area contributed by atoms with Gasteiger partial charge in [-0.15, -0.1) is 0 Å². The number of anilines is 1. The highest BCUT2D eigenvalue weighted by Gasteiger charge is 2.30. The number of non-ortho nitro benzene ring substituents is 1. The Kier molecular flexibility index (Phi) is 5.41. The lowest BCUT2D eigenvalue weighted by Gasteiger charge is -2.30. The van der Waals surface area contributed by atoms with Crippen molar-refractivity contribution < 1.29 is 9.72 Å². The van der Waals surface area contributed by atoms with Gasteiger partial charge in [0.25, 0.3) is 11.6 Å². The van der Waals surface area contributed by atoms with E-state index >= 15 is 0 Å². The Balaban J connectivity index is 2.00. The summed E-state index contributed by atoms with van der Waals surface area (Å²) in [5.74, 6) is -0.301. The molecule has 0 bridgehead atoms. The van der Waals surface area contributed by atoms with Gasteiger partial charge in [0.15, 0.2) is 5.11 Å². The fraction of sp³-hybridized carbons (Fsp3) is 0.200. The molecule has 0 fully saturated rings. The summed E-state index contributed by atoms with van der Waals surface area (Å²) in [4.78, 5) is 23.8. The minimum absolute atomic E-state index is 0.0457. The maximum absolute atomic E-state index is 13.1. The van der Waals surface area contributed by atoms with Crippen LogP contribution in [0.2, 0.25) is 0 Å². The van der Waals surface area contributed by atoms with Gasteiger partial charge in [0.1, 0.15) is 0 Å². The molecule has 0 saturated carbocycles. The molecular weight excluding hydrogens is 376 g/mol. The zero-order valence-electron chi connectivity index (χ0n) is 15.7. The number of benzene rings is 2. The molecule has 28 heavy (non-hydrogen) atoms. The van der Waals surface area contributed by atoms with Crippen LogP contribution in [0.1, 0.15) is 29.7 Å². The molecule has 1 aliphatic heterocycles. The number of aryl methyl sites for hydroxylation is 2. The van der Waals surface area contributed by atoms with Crippen LogP contribution in [-0.2, 0) is 4.79 Å². The highest BCUT2D eigenvalue weighted by Crippen LogP contribution is 2.30. The Labute approximate surface area is 168 Å². The number of thiocarbonyl (C=S) groups is 1. The van der Waals surface area contributed by atoms with Crippen LogP contribution < -0.4 is 16.0 Å². The van der Waals surface area contributed by atoms with E-state index in [9.17, 15) is 14.9 Å². The minimum atomic E-state index is -0.598. The van der Waals surface area contributed by atoms with Crippen LogP contribution in [-0.4, -0.2) is 15.9 Å². The van der Waals surface area contributed by atoms with Crippen LogP contribution in [0.25, 0.3) is 0 Å². The monoisotopic (exact) mass is 396 g/mol. The fourth-order valence-corrected chi connectivity index (χ4v) is 3.39. The number of nitro benzene ring substituents is 1. The second-order valence-electron chi connectivity index (χ2n) is 6.69. The lowest BCUT2D eigenvalue weighted by molar-refractivity contribution is -0.384. The van der Waals surface area contributed by atoms with Crippen LogP contribution in [0.4, 0.5) is 11.4 Å². The number of nitrogens with zero attached hydrogens (tertiary/aromatic N) is 1. The standard InChI is InChI=1S/C20H20N4O3S/c1-11-7-8-12(2)16(9-11)22-19(25)17-13(3)21-20(28)23-18(17)14-5-4-6-15(10-14)24(26)27/h4-10,18H,1-3H3,(H,22,25)(H2,21,23,28)/t18-/m0/s1. The number of nitrogens with one attached hydrogen (secondary N) is 3. The van der Waals surface area contributed by atoms with Gasteiger partial charge in [-0.25, -0.2) is 0 Å². The van der Waals surface area contributed by atoms with Gasteiger partial charge < -0.3 is 16.0 Å². The van der Waals surface area contributed by atoms with Crippen LogP contribution in [0.5, 0.6) is 0 Å². The third-order valence-corrected chi connectivity index (χ3v) is 4.79. The number of allylic oxidation sites excluding steroid dienone is 1. The van der Waals surface area contributed by atoms with Crippen LogP contribution >= 0.6 is 12.2 Å². The normalized spacial score (nSPS) is 16.2. The zero-order chi connectivity index (χ0) is 20.4. The summed E-state index contributed by atoms with van der Waals surface area (Å²) in [7, 11) is 0. The molecule has 0 aliphatic carbocycles. The van der Waals surface area contributed by atoms with E-state index in [0.717, 1.165) is 16.8 Å². The second kappa shape index (κ2) is 7.77. The SMILES string of the molecule is CC1=C(C(=O)Nc2cc(C)ccc2C)[C@H](c2cccc([N+](=O)[O-])c2)NC(=S)N1. The molecule has 1 heterocycles. The van der Waals surface area contributed by atoms with E-state index in [1.54, 1.807) is 19.1 Å². The van der Waals surface area contributed by atoms with Gasteiger partial charge >= 0.3 is 0 Å². The van der Waals surface area contributed by atoms with Gasteiger partial charge in [-0.05, 0) is 55.7 Å². The molecular formula is C20H20N4O3S. The van der Waals surface area contributed by atoms with E-state index < -0.39 is 11.0 Å². The Bertz CT molecular complexity index is 1020. The third-order valence-electron chi connectivity index (χ3n) is 4.57. The molecule has 8 heteroatoms. The number of carbonyl (C=O) groups excluding carboxylic acids is 1. The number of rotatable bonds is 4. The van der Waals surface area contributed by atoms with Crippen molar-refractivity contribution in [2.75, 3.05) is 5.32 Å². The summed E-state index contributed by atoms with van der Waals surface area (Å²) in [6.45, 7) is 5.63. The maximum Gasteiger partial charge on any atom is 0.269 e. The Hall–Kier alpha value is -3.26. The predicted octanol–water partition coefficient (Wildman–Crippen LogP) is 3.64. The lowest BCUT2D eigenvalue weighted by Crippen LogP contribution is -2.45. The van der Waals surface area contributed by atoms with Gasteiger partial charge in [-0.3, -0.25) is 14.9 Å². The number of amides is 1. The van der Waals surface area contributed by atoms with E-state index in [4.69, 9.17) is 12.2 Å². The first-order chi connectivity index (χ1) is 13.3. The largest absolute Gasteiger partial charge is 0.351 e. The van der Waals surface area contributed by atoms with Crippen molar-refractivity contribution in [1.82, 2.24) is 10.6 Å². The first-order valence-corrected chi connectivity index (χ1v) is 9.08. The Morgan fingerprint density at radius 3 is 2.64 bits per heavy atom. The Morgan fingerprint density at radius 2 is 1.93 bits per heavy atom. The summed E-state index contributed by atoms with van der Waals surface area (Å²) in [5, 5.41) is 20.5. The smallest absolute Gasteiger partial charge is 0.269 e. The first-order valence-electron chi connectivity index (χ1n) is 8.67. The molecule has 0 saturated heterocycles. The molecule has 144 valence electrons. The predicted molar refractivity (Wildman–Crippen MR) is 112 cm³/mol. The number of hydrogen-bond acceptors (Lipinski definition) is 4. The van der Waals surface area contributed by atoms with Crippen molar-refractivity contribution in [3.05, 3.63) is 80.5 Å². The van der Waals surface area contributed by atoms with Gasteiger partial charge in [-0.1, -0.05) is 24.3 Å². The highest BCUT2D eigenvalue weighted by molar-refractivity contribution is 7.80. The number of carbonyl (C=O) groups is 1. The molecule has 0 aromatic heterocycles. The zero-order valence-corrected chi connectivity index (χ0v) is 16.5. The van der Waals surface area contributed by atoms with E-state index in [-0.39, 0.29) is 11.6 Å². The van der Waals surface area contributed by atoms with Crippen molar-refractivity contribution in [1.29, 1.82) is 0 Å². The molecule has 1 amide bonds. The van der Waals surface area contributed by atoms with Crippen molar-refractivity contribution in [2.45, 2.75) is 26.8 Å². The molecule has 1 aliphatic rings. The van der Waals surface area contributed by atoms with Crippen molar-refractivity contribution in [3.63, 3.8) is 0 Å². The van der Waals surface area contributed by atoms with Crippen LogP contribution in [0.15, 0.2) is 53.7 Å². The number of hydrogen-bond donors (Lipinski definition) is 3. The molecule has 0 spiro atoms. The van der Waals surface area contributed by atoms with Crippen LogP contribution in [0.3, 0.4) is 0 Å². The third kappa shape index (κ3) is 4.01. The van der Waals surface area contributed by atoms with E-state index in [1.165, 1.54) is 12.1 Å². The summed E-state index contributed by atoms with van der Waals surface area (Å²) in [6, 6.07) is 11.4. The first kappa shape index (κ1) is 19.5. The highest BCUT2D eigenvalue weighted by atomic mass is 32.1. The van der Waals surface area contributed by atoms with Gasteiger partial charge in [-0.2, -0.15) is 0 Å². The van der Waals surface area contributed by atoms with Gasteiger partial charge in [0.2, 0.25) is 0 Å². The number of nitro groups is 1. The minimum Gasteiger partial charge on any atom is -0.351 e. The van der Waals surface area contributed by atoms with Crippen molar-refractivity contribution in [2.24, 2.45) is 0 Å². The molecule has 3 N–H and O–H groups in total. The van der Waals surface area contributed by atoms with Crippen molar-refractivity contribution >= 4 is 34.6 Å². The Morgan fingerprint density at radius 1 is 1.18 bits per heavy atom. The van der Waals surface area contributed by atoms with E-state index in [2.05, 4.69) is 16.0 Å². The quantitative estimate of drug-likeness (QED) is 0.415. The van der Waals surface area contributed by atoms with Crippen molar-refractivity contribution in [3.8, 4) is 0 Å². The molecule has 7 nitrogen and oxygen atoms in total. The topological polar surface area (TPSA) is 96.3 Å². The average Bonchev–Trinajstić information content (AvgIpc) is 2.64. The fourth-order valence-electron chi connectivity index (χ4n) is 3.12. The van der Waals surface area contributed by atoms with Gasteiger partial charge in [0, 0.05) is 23.5 Å². The summed E-state index contributed by atoms with van der Waals surface area (Å²) >= 11 is 5.23. The summed E-state index contributed by atoms with van der Waals surface area (Å²) in [5.41, 5.74) is 4.26. The molecule has 1 atom stereocenters. The van der Waals surface area contributed by atoms with Crippen LogP contribution in [0, 0.1) is 24.0 Å². The van der Waals surface area contributed by atoms with Gasteiger partial charge in [0.05, 0.1) is 16.5 Å². The molecule has 0 unspecified atom stereocenters. The summed E-state index contributed by atoms with van der Waals surface area (Å²) < 4.78 is 0.